The number of carbonyl (C=O) groups is 1. The number of ether oxygens (including phenoxy) is 1. The van der Waals surface area contributed by atoms with Gasteiger partial charge in [-0.1, -0.05) is 36.8 Å². The van der Waals surface area contributed by atoms with Gasteiger partial charge in [-0.05, 0) is 56.1 Å². The molecule has 2 aromatic rings. The molecule has 0 spiro atoms. The van der Waals surface area contributed by atoms with Gasteiger partial charge in [0, 0.05) is 25.2 Å². The van der Waals surface area contributed by atoms with Gasteiger partial charge >= 0.3 is 0 Å². The van der Waals surface area contributed by atoms with Gasteiger partial charge in [-0.15, -0.1) is 0 Å². The molecular weight excluding hydrogens is 414 g/mol. The van der Waals surface area contributed by atoms with E-state index in [-0.39, 0.29) is 16.6 Å². The van der Waals surface area contributed by atoms with Crippen LogP contribution in [0.1, 0.15) is 35.2 Å². The topological polar surface area (TPSA) is 87.7 Å². The van der Waals surface area contributed by atoms with E-state index in [0.717, 1.165) is 38.9 Å². The largest absolute Gasteiger partial charge is 0.495 e. The van der Waals surface area contributed by atoms with Crippen LogP contribution in [0.4, 0.5) is 0 Å². The summed E-state index contributed by atoms with van der Waals surface area (Å²) in [6, 6.07) is 14.9. The minimum Gasteiger partial charge on any atom is -0.495 e. The smallest absolute Gasteiger partial charge is 0.251 e. The van der Waals surface area contributed by atoms with E-state index in [1.165, 1.54) is 31.9 Å². The van der Waals surface area contributed by atoms with E-state index in [1.54, 1.807) is 6.07 Å². The van der Waals surface area contributed by atoms with E-state index in [9.17, 15) is 13.2 Å². The first kappa shape index (κ1) is 23.2. The maximum Gasteiger partial charge on any atom is 0.251 e. The van der Waals surface area contributed by atoms with Crippen molar-refractivity contribution in [3.63, 3.8) is 0 Å². The molecule has 7 nitrogen and oxygen atoms in total. The highest BCUT2D eigenvalue weighted by molar-refractivity contribution is 7.89. The van der Waals surface area contributed by atoms with E-state index in [0.29, 0.717) is 18.0 Å². The van der Waals surface area contributed by atoms with Crippen LogP contribution in [0.25, 0.3) is 0 Å². The maximum absolute atomic E-state index is 12.7. The second-order valence-corrected chi connectivity index (χ2v) is 9.72. The van der Waals surface area contributed by atoms with Crippen LogP contribution in [0.5, 0.6) is 5.75 Å². The lowest BCUT2D eigenvalue weighted by Gasteiger charge is -2.24. The number of methoxy groups -OCH3 is 1. The first-order valence-electron chi connectivity index (χ1n) is 10.6. The van der Waals surface area contributed by atoms with Crippen LogP contribution in [0, 0.1) is 5.92 Å². The summed E-state index contributed by atoms with van der Waals surface area (Å²) in [7, 11) is -1.01. The zero-order valence-corrected chi connectivity index (χ0v) is 19.0. The predicted octanol–water partition coefficient (Wildman–Crippen LogP) is 2.64. The van der Waals surface area contributed by atoms with Crippen molar-refractivity contribution >= 4 is 15.9 Å². The van der Waals surface area contributed by atoms with Crippen LogP contribution in [0.2, 0.25) is 0 Å². The molecule has 1 aliphatic heterocycles. The Labute approximate surface area is 184 Å². The zero-order valence-electron chi connectivity index (χ0n) is 18.1. The fraction of sp³-hybridized carbons (Fsp3) is 0.435. The molecular formula is C23H31N3O4S. The van der Waals surface area contributed by atoms with Crippen LogP contribution < -0.4 is 14.8 Å². The highest BCUT2D eigenvalue weighted by atomic mass is 32.2. The molecule has 0 aromatic heterocycles. The Bertz CT molecular complexity index is 980. The molecule has 1 amide bonds. The molecule has 3 rings (SSSR count). The van der Waals surface area contributed by atoms with Crippen LogP contribution >= 0.6 is 0 Å². The summed E-state index contributed by atoms with van der Waals surface area (Å²) in [5.41, 5.74) is 1.59. The number of rotatable bonds is 8. The molecule has 0 unspecified atom stereocenters. The molecule has 0 bridgehead atoms. The number of sulfonamides is 1. The quantitative estimate of drug-likeness (QED) is 0.652. The van der Waals surface area contributed by atoms with E-state index in [1.807, 2.05) is 6.07 Å². The Hall–Kier alpha value is -2.42. The van der Waals surface area contributed by atoms with Crippen LogP contribution in [-0.2, 0) is 16.6 Å². The minimum atomic E-state index is -3.74. The van der Waals surface area contributed by atoms with Crippen molar-refractivity contribution in [1.29, 1.82) is 0 Å². The van der Waals surface area contributed by atoms with Gasteiger partial charge in [-0.2, -0.15) is 0 Å². The number of likely N-dealkylation sites (tertiary alicyclic amines) is 1. The predicted molar refractivity (Wildman–Crippen MR) is 121 cm³/mol. The molecule has 0 saturated carbocycles. The Kier molecular flexibility index (Phi) is 8.06. The standard InChI is InChI=1S/C23H31N3O4S/c1-24-31(28,29)22-14-20(11-12-21(22)30-2)23(27)25-15-19-10-6-7-13-26(17-19)16-18-8-4-3-5-9-18/h3-5,8-9,11-12,14,19,24H,6-7,10,13,15-17H2,1-2H3,(H,25,27)/t19-/m1/s1. The summed E-state index contributed by atoms with van der Waals surface area (Å²) in [6.07, 6.45) is 3.35. The normalized spacial score (nSPS) is 17.7. The Morgan fingerprint density at radius 2 is 1.94 bits per heavy atom. The number of hydrogen-bond donors (Lipinski definition) is 2. The van der Waals surface area contributed by atoms with Gasteiger partial charge in [-0.25, -0.2) is 13.1 Å². The molecule has 2 N–H and O–H groups in total. The summed E-state index contributed by atoms with van der Waals surface area (Å²) in [5, 5.41) is 2.99. The summed E-state index contributed by atoms with van der Waals surface area (Å²) >= 11 is 0. The van der Waals surface area contributed by atoms with Crippen molar-refractivity contribution in [2.45, 2.75) is 30.7 Å². The third-order valence-corrected chi connectivity index (χ3v) is 7.07. The second-order valence-electron chi connectivity index (χ2n) is 7.87. The molecule has 0 radical (unpaired) electrons. The van der Waals surface area contributed by atoms with Crippen LogP contribution in [0.3, 0.4) is 0 Å². The van der Waals surface area contributed by atoms with E-state index < -0.39 is 10.0 Å². The lowest BCUT2D eigenvalue weighted by atomic mass is 10.0. The van der Waals surface area contributed by atoms with Crippen molar-refractivity contribution in [3.8, 4) is 5.75 Å². The highest BCUT2D eigenvalue weighted by Gasteiger charge is 2.22. The zero-order chi connectivity index (χ0) is 22.3. The SMILES string of the molecule is CNS(=O)(=O)c1cc(C(=O)NC[C@H]2CCCCN(Cc3ccccc3)C2)ccc1OC. The molecule has 1 saturated heterocycles. The number of nitrogens with one attached hydrogen (secondary N) is 2. The fourth-order valence-electron chi connectivity index (χ4n) is 3.94. The van der Waals surface area contributed by atoms with Gasteiger partial charge in [0.25, 0.3) is 5.91 Å². The highest BCUT2D eigenvalue weighted by Crippen LogP contribution is 2.25. The van der Waals surface area contributed by atoms with Gasteiger partial charge in [0.05, 0.1) is 7.11 Å². The molecule has 1 fully saturated rings. The average molecular weight is 446 g/mol. The Morgan fingerprint density at radius 3 is 2.65 bits per heavy atom. The van der Waals surface area contributed by atoms with Gasteiger partial charge < -0.3 is 10.1 Å². The van der Waals surface area contributed by atoms with Gasteiger partial charge in [0.15, 0.2) is 0 Å². The molecule has 1 atom stereocenters. The molecule has 168 valence electrons. The summed E-state index contributed by atoms with van der Waals surface area (Å²) < 4.78 is 31.9. The van der Waals surface area contributed by atoms with Crippen molar-refractivity contribution in [2.75, 3.05) is 33.8 Å². The third kappa shape index (κ3) is 6.29. The van der Waals surface area contributed by atoms with Crippen molar-refractivity contribution in [1.82, 2.24) is 14.9 Å². The molecule has 31 heavy (non-hydrogen) atoms. The number of carbonyl (C=O) groups excluding carboxylic acids is 1. The number of hydrogen-bond acceptors (Lipinski definition) is 5. The number of nitrogens with zero attached hydrogens (tertiary/aromatic N) is 1. The Morgan fingerprint density at radius 1 is 1.16 bits per heavy atom. The molecule has 2 aromatic carbocycles. The van der Waals surface area contributed by atoms with E-state index in [2.05, 4.69) is 39.2 Å². The minimum absolute atomic E-state index is 0.0475. The number of benzene rings is 2. The van der Waals surface area contributed by atoms with Gasteiger partial charge in [0.1, 0.15) is 10.6 Å². The fourth-order valence-corrected chi connectivity index (χ4v) is 4.86. The molecule has 0 aliphatic carbocycles. The lowest BCUT2D eigenvalue weighted by Crippen LogP contribution is -2.35. The number of amides is 1. The van der Waals surface area contributed by atoms with Gasteiger partial charge in [0.2, 0.25) is 10.0 Å². The van der Waals surface area contributed by atoms with Crippen molar-refractivity contribution in [2.24, 2.45) is 5.92 Å². The van der Waals surface area contributed by atoms with Crippen LogP contribution in [-0.4, -0.2) is 53.0 Å². The summed E-state index contributed by atoms with van der Waals surface area (Å²) in [4.78, 5) is 15.1. The first-order chi connectivity index (χ1) is 14.9. The third-order valence-electron chi connectivity index (χ3n) is 5.64. The van der Waals surface area contributed by atoms with Crippen molar-refractivity contribution in [3.05, 3.63) is 59.7 Å². The van der Waals surface area contributed by atoms with E-state index >= 15 is 0 Å². The average Bonchev–Trinajstić information content (AvgIpc) is 3.02. The summed E-state index contributed by atoms with van der Waals surface area (Å²) in [5.74, 6) is 0.272. The molecule has 1 heterocycles. The first-order valence-corrected chi connectivity index (χ1v) is 12.1. The maximum atomic E-state index is 12.7. The monoisotopic (exact) mass is 445 g/mol. The Balaban J connectivity index is 1.63. The van der Waals surface area contributed by atoms with E-state index in [4.69, 9.17) is 4.74 Å². The lowest BCUT2D eigenvalue weighted by molar-refractivity contribution is 0.0942. The molecule has 8 heteroatoms. The van der Waals surface area contributed by atoms with Crippen molar-refractivity contribution < 1.29 is 17.9 Å². The second kappa shape index (κ2) is 10.7. The van der Waals surface area contributed by atoms with Gasteiger partial charge in [-0.3, -0.25) is 9.69 Å². The van der Waals surface area contributed by atoms with Crippen LogP contribution in [0.15, 0.2) is 53.4 Å². The molecule has 1 aliphatic rings. The summed E-state index contributed by atoms with van der Waals surface area (Å²) in [6.45, 7) is 3.46.